The zero-order valence-electron chi connectivity index (χ0n) is 17.2. The molecule has 0 atom stereocenters. The van der Waals surface area contributed by atoms with E-state index in [-0.39, 0.29) is 12.5 Å². The fourth-order valence-corrected chi connectivity index (χ4v) is 2.76. The van der Waals surface area contributed by atoms with Crippen molar-refractivity contribution in [1.82, 2.24) is 5.32 Å². The molecule has 0 unspecified atom stereocenters. The predicted molar refractivity (Wildman–Crippen MR) is 114 cm³/mol. The molecule has 0 heterocycles. The van der Waals surface area contributed by atoms with Crippen LogP contribution in [-0.2, 0) is 11.3 Å². The van der Waals surface area contributed by atoms with E-state index in [0.717, 1.165) is 29.9 Å². The van der Waals surface area contributed by atoms with Crippen LogP contribution in [0.15, 0.2) is 42.5 Å². The zero-order chi connectivity index (χ0) is 20.2. The van der Waals surface area contributed by atoms with Gasteiger partial charge in [0.1, 0.15) is 0 Å². The van der Waals surface area contributed by atoms with Gasteiger partial charge in [0, 0.05) is 12.2 Å². The lowest BCUT2D eigenvalue weighted by Crippen LogP contribution is -2.20. The second-order valence-corrected chi connectivity index (χ2v) is 6.80. The molecule has 28 heavy (non-hydrogen) atoms. The summed E-state index contributed by atoms with van der Waals surface area (Å²) in [7, 11) is 0. The minimum atomic E-state index is -0.201. The van der Waals surface area contributed by atoms with Crippen LogP contribution in [0.1, 0.15) is 44.2 Å². The summed E-state index contributed by atoms with van der Waals surface area (Å²) < 4.78 is 11.4. The average molecular weight is 385 g/mol. The van der Waals surface area contributed by atoms with Gasteiger partial charge in [-0.2, -0.15) is 0 Å². The van der Waals surface area contributed by atoms with Gasteiger partial charge in [-0.05, 0) is 56.6 Å². The van der Waals surface area contributed by atoms with Crippen LogP contribution in [0, 0.1) is 6.92 Å². The molecule has 0 saturated carbocycles. The Labute approximate surface area is 168 Å². The van der Waals surface area contributed by atoms with E-state index in [2.05, 4.69) is 17.6 Å². The highest BCUT2D eigenvalue weighted by atomic mass is 16.5. The number of unbranched alkanes of at least 4 members (excludes halogenated alkanes) is 2. The summed E-state index contributed by atoms with van der Waals surface area (Å²) in [5.74, 6) is 1.04. The van der Waals surface area contributed by atoms with Crippen molar-refractivity contribution in [3.63, 3.8) is 0 Å². The maximum Gasteiger partial charge on any atom is 0.262 e. The van der Waals surface area contributed by atoms with E-state index in [1.807, 2.05) is 56.3 Å². The van der Waals surface area contributed by atoms with Crippen molar-refractivity contribution in [2.75, 3.05) is 25.1 Å². The number of hydrogen-bond acceptors (Lipinski definition) is 4. The molecule has 0 aromatic heterocycles. The third-order valence-electron chi connectivity index (χ3n) is 4.29. The van der Waals surface area contributed by atoms with Crippen molar-refractivity contribution in [1.29, 1.82) is 0 Å². The second-order valence-electron chi connectivity index (χ2n) is 6.80. The van der Waals surface area contributed by atoms with Gasteiger partial charge in [-0.25, -0.2) is 0 Å². The number of benzene rings is 2. The van der Waals surface area contributed by atoms with E-state index in [1.165, 1.54) is 19.3 Å². The molecule has 5 heteroatoms. The molecule has 0 aliphatic rings. The fraction of sp³-hybridized carbons (Fsp3) is 0.435. The standard InChI is InChI=1S/C23H32N2O3/c1-4-6-7-14-24-16-19-10-13-21(22(15-19)27-5-2)28-17-23(26)25-20-11-8-18(3)9-12-20/h8-13,15,24H,4-7,14,16-17H2,1-3H3,(H,25,26). The highest BCUT2D eigenvalue weighted by molar-refractivity contribution is 5.91. The number of anilines is 1. The molecule has 0 spiro atoms. The first kappa shape index (κ1) is 21.8. The van der Waals surface area contributed by atoms with E-state index in [9.17, 15) is 4.79 Å². The number of amides is 1. The first-order valence-corrected chi connectivity index (χ1v) is 10.1. The summed E-state index contributed by atoms with van der Waals surface area (Å²) >= 11 is 0. The number of rotatable bonds is 12. The van der Waals surface area contributed by atoms with Crippen LogP contribution in [0.5, 0.6) is 11.5 Å². The van der Waals surface area contributed by atoms with Gasteiger partial charge in [0.25, 0.3) is 5.91 Å². The number of carbonyl (C=O) groups excluding carboxylic acids is 1. The van der Waals surface area contributed by atoms with Crippen LogP contribution in [-0.4, -0.2) is 25.7 Å². The number of aryl methyl sites for hydroxylation is 1. The Bertz CT molecular complexity index is 729. The summed E-state index contributed by atoms with van der Waals surface area (Å²) in [5.41, 5.74) is 3.04. The average Bonchev–Trinajstić information content (AvgIpc) is 2.69. The van der Waals surface area contributed by atoms with Gasteiger partial charge in [-0.1, -0.05) is 43.5 Å². The van der Waals surface area contributed by atoms with Gasteiger partial charge in [0.15, 0.2) is 18.1 Å². The summed E-state index contributed by atoms with van der Waals surface area (Å²) in [5, 5.41) is 6.28. The Hall–Kier alpha value is -2.53. The molecule has 0 fully saturated rings. The SMILES string of the molecule is CCCCCNCc1ccc(OCC(=O)Nc2ccc(C)cc2)c(OCC)c1. The Balaban J connectivity index is 1.88. The molecule has 0 bridgehead atoms. The normalized spacial score (nSPS) is 10.5. The topological polar surface area (TPSA) is 59.6 Å². The van der Waals surface area contributed by atoms with E-state index in [1.54, 1.807) is 0 Å². The van der Waals surface area contributed by atoms with Crippen LogP contribution < -0.4 is 20.1 Å². The first-order chi connectivity index (χ1) is 13.6. The van der Waals surface area contributed by atoms with Gasteiger partial charge >= 0.3 is 0 Å². The minimum Gasteiger partial charge on any atom is -0.490 e. The third-order valence-corrected chi connectivity index (χ3v) is 4.29. The number of nitrogens with one attached hydrogen (secondary N) is 2. The lowest BCUT2D eigenvalue weighted by Gasteiger charge is -2.14. The van der Waals surface area contributed by atoms with Crippen molar-refractivity contribution in [2.45, 2.75) is 46.6 Å². The van der Waals surface area contributed by atoms with Crippen molar-refractivity contribution in [2.24, 2.45) is 0 Å². The van der Waals surface area contributed by atoms with Crippen molar-refractivity contribution in [3.8, 4) is 11.5 Å². The maximum atomic E-state index is 12.1. The second kappa shape index (κ2) is 12.0. The first-order valence-electron chi connectivity index (χ1n) is 10.1. The highest BCUT2D eigenvalue weighted by Gasteiger charge is 2.10. The molecule has 2 N–H and O–H groups in total. The lowest BCUT2D eigenvalue weighted by atomic mass is 10.2. The molecule has 0 aliphatic heterocycles. The summed E-state index contributed by atoms with van der Waals surface area (Å²) in [6, 6.07) is 13.5. The Morgan fingerprint density at radius 3 is 2.46 bits per heavy atom. The van der Waals surface area contributed by atoms with E-state index < -0.39 is 0 Å². The summed E-state index contributed by atoms with van der Waals surface area (Å²) in [6.07, 6.45) is 3.65. The predicted octanol–water partition coefficient (Wildman–Crippen LogP) is 4.69. The molecular weight excluding hydrogens is 352 g/mol. The molecule has 152 valence electrons. The van der Waals surface area contributed by atoms with Crippen molar-refractivity contribution >= 4 is 11.6 Å². The van der Waals surface area contributed by atoms with E-state index >= 15 is 0 Å². The van der Waals surface area contributed by atoms with Crippen LogP contribution in [0.3, 0.4) is 0 Å². The Morgan fingerprint density at radius 2 is 1.75 bits per heavy atom. The fourth-order valence-electron chi connectivity index (χ4n) is 2.76. The smallest absolute Gasteiger partial charge is 0.262 e. The van der Waals surface area contributed by atoms with Gasteiger partial charge in [-0.15, -0.1) is 0 Å². The quantitative estimate of drug-likeness (QED) is 0.521. The lowest BCUT2D eigenvalue weighted by molar-refractivity contribution is -0.118. The van der Waals surface area contributed by atoms with Crippen molar-refractivity contribution < 1.29 is 14.3 Å². The molecule has 0 aliphatic carbocycles. The zero-order valence-corrected chi connectivity index (χ0v) is 17.2. The van der Waals surface area contributed by atoms with Gasteiger partial charge in [0.2, 0.25) is 0 Å². The highest BCUT2D eigenvalue weighted by Crippen LogP contribution is 2.28. The van der Waals surface area contributed by atoms with Gasteiger partial charge in [0.05, 0.1) is 6.61 Å². The van der Waals surface area contributed by atoms with Crippen LogP contribution in [0.2, 0.25) is 0 Å². The van der Waals surface area contributed by atoms with Gasteiger partial charge < -0.3 is 20.1 Å². The minimum absolute atomic E-state index is 0.0669. The monoisotopic (exact) mass is 384 g/mol. The summed E-state index contributed by atoms with van der Waals surface area (Å²) in [6.45, 7) is 8.42. The molecular formula is C23H32N2O3. The third kappa shape index (κ3) is 7.61. The molecule has 0 radical (unpaired) electrons. The molecule has 2 aromatic carbocycles. The van der Waals surface area contributed by atoms with Gasteiger partial charge in [-0.3, -0.25) is 4.79 Å². The van der Waals surface area contributed by atoms with E-state index in [4.69, 9.17) is 9.47 Å². The van der Waals surface area contributed by atoms with Crippen LogP contribution in [0.25, 0.3) is 0 Å². The van der Waals surface area contributed by atoms with Crippen molar-refractivity contribution in [3.05, 3.63) is 53.6 Å². The molecule has 2 aromatic rings. The number of hydrogen-bond donors (Lipinski definition) is 2. The maximum absolute atomic E-state index is 12.1. The Morgan fingerprint density at radius 1 is 0.964 bits per heavy atom. The summed E-state index contributed by atoms with van der Waals surface area (Å²) in [4.78, 5) is 12.1. The molecule has 5 nitrogen and oxygen atoms in total. The molecule has 1 amide bonds. The largest absolute Gasteiger partial charge is 0.490 e. The van der Waals surface area contributed by atoms with Crippen LogP contribution >= 0.6 is 0 Å². The molecule has 2 rings (SSSR count). The number of ether oxygens (including phenoxy) is 2. The molecule has 0 saturated heterocycles. The van der Waals surface area contributed by atoms with E-state index in [0.29, 0.717) is 18.1 Å². The van der Waals surface area contributed by atoms with Crippen LogP contribution in [0.4, 0.5) is 5.69 Å². The Kier molecular flexibility index (Phi) is 9.35. The number of carbonyl (C=O) groups is 1.